The van der Waals surface area contributed by atoms with Crippen molar-refractivity contribution in [1.29, 1.82) is 0 Å². The number of anilines is 2. The molecule has 2 N–H and O–H groups in total. The Morgan fingerprint density at radius 3 is 2.82 bits per heavy atom. The average Bonchev–Trinajstić information content (AvgIpc) is 3.13. The topological polar surface area (TPSA) is 80.3 Å². The Hall–Kier alpha value is -2.61. The molecule has 0 fully saturated rings. The summed E-state index contributed by atoms with van der Waals surface area (Å²) >= 11 is 13.1. The summed E-state index contributed by atoms with van der Waals surface area (Å²) in [5, 5.41) is 8.50. The van der Waals surface area contributed by atoms with E-state index in [1.165, 1.54) is 17.4 Å². The van der Waals surface area contributed by atoms with Crippen LogP contribution in [0.2, 0.25) is 10.0 Å². The highest BCUT2D eigenvalue weighted by molar-refractivity contribution is 7.14. The van der Waals surface area contributed by atoms with E-state index in [1.807, 2.05) is 11.4 Å². The van der Waals surface area contributed by atoms with Gasteiger partial charge in [-0.2, -0.15) is 0 Å². The Balaban J connectivity index is 1.53. The van der Waals surface area contributed by atoms with Crippen LogP contribution in [0.1, 0.15) is 17.3 Å². The summed E-state index contributed by atoms with van der Waals surface area (Å²) in [6, 6.07) is 10.1. The number of halogens is 2. The van der Waals surface area contributed by atoms with Crippen LogP contribution in [0.15, 0.2) is 41.8 Å². The Morgan fingerprint density at radius 2 is 2.04 bits per heavy atom. The molecule has 0 saturated carbocycles. The van der Waals surface area contributed by atoms with E-state index in [1.54, 1.807) is 31.2 Å². The van der Waals surface area contributed by atoms with Crippen LogP contribution in [0.4, 0.5) is 10.8 Å². The van der Waals surface area contributed by atoms with E-state index in [2.05, 4.69) is 15.6 Å². The lowest BCUT2D eigenvalue weighted by molar-refractivity contribution is -0.122. The number of ether oxygens (including phenoxy) is 1. The Labute approximate surface area is 174 Å². The first-order valence-electron chi connectivity index (χ1n) is 8.24. The summed E-state index contributed by atoms with van der Waals surface area (Å²) in [6.07, 6.45) is -0.527. The summed E-state index contributed by atoms with van der Waals surface area (Å²) in [5.74, 6) is 0.0799. The van der Waals surface area contributed by atoms with Gasteiger partial charge in [0.15, 0.2) is 11.2 Å². The SMILES string of the molecule is CC1Oc2ccc(-c3csc(NC(=O)c4ccc(Cl)c(Cl)c4)n3)cc2NC1=O. The molecule has 1 unspecified atom stereocenters. The number of carbonyl (C=O) groups is 2. The van der Waals surface area contributed by atoms with Crippen LogP contribution >= 0.6 is 34.5 Å². The van der Waals surface area contributed by atoms with Gasteiger partial charge in [0.1, 0.15) is 5.75 Å². The maximum atomic E-state index is 12.4. The number of aromatic nitrogens is 1. The van der Waals surface area contributed by atoms with Crippen LogP contribution in [-0.4, -0.2) is 22.9 Å². The number of carbonyl (C=O) groups excluding carboxylic acids is 2. The molecule has 1 atom stereocenters. The van der Waals surface area contributed by atoms with Gasteiger partial charge >= 0.3 is 0 Å². The molecular formula is C19H13Cl2N3O3S. The third kappa shape index (κ3) is 3.69. The zero-order chi connectivity index (χ0) is 19.8. The third-order valence-electron chi connectivity index (χ3n) is 4.11. The highest BCUT2D eigenvalue weighted by Gasteiger charge is 2.24. The normalized spacial score (nSPS) is 15.4. The number of nitrogens with one attached hydrogen (secondary N) is 2. The Kier molecular flexibility index (Phi) is 4.97. The Bertz CT molecular complexity index is 1100. The van der Waals surface area contributed by atoms with Crippen molar-refractivity contribution in [3.8, 4) is 17.0 Å². The maximum Gasteiger partial charge on any atom is 0.265 e. The van der Waals surface area contributed by atoms with Gasteiger partial charge < -0.3 is 10.1 Å². The van der Waals surface area contributed by atoms with E-state index in [0.717, 1.165) is 5.56 Å². The first-order valence-corrected chi connectivity index (χ1v) is 9.88. The lowest BCUT2D eigenvalue weighted by Gasteiger charge is -2.23. The number of benzene rings is 2. The fourth-order valence-electron chi connectivity index (χ4n) is 2.64. The molecule has 1 aliphatic heterocycles. The minimum atomic E-state index is -0.527. The smallest absolute Gasteiger partial charge is 0.265 e. The van der Waals surface area contributed by atoms with Gasteiger partial charge in [-0.1, -0.05) is 23.2 Å². The summed E-state index contributed by atoms with van der Waals surface area (Å²) in [4.78, 5) is 28.6. The van der Waals surface area contributed by atoms with Crippen LogP contribution in [0, 0.1) is 0 Å². The highest BCUT2D eigenvalue weighted by atomic mass is 35.5. The first kappa shape index (κ1) is 18.7. The molecule has 28 heavy (non-hydrogen) atoms. The quantitative estimate of drug-likeness (QED) is 0.602. The van der Waals surface area contributed by atoms with Gasteiger partial charge in [0.05, 0.1) is 21.4 Å². The van der Waals surface area contributed by atoms with Crippen molar-refractivity contribution < 1.29 is 14.3 Å². The van der Waals surface area contributed by atoms with Gasteiger partial charge in [-0.3, -0.25) is 14.9 Å². The second kappa shape index (κ2) is 7.43. The zero-order valence-corrected chi connectivity index (χ0v) is 16.8. The van der Waals surface area contributed by atoms with Crippen molar-refractivity contribution in [3.05, 3.63) is 57.4 Å². The lowest BCUT2D eigenvalue weighted by atomic mass is 10.1. The van der Waals surface area contributed by atoms with Gasteiger partial charge in [-0.25, -0.2) is 4.98 Å². The van der Waals surface area contributed by atoms with Crippen LogP contribution in [-0.2, 0) is 4.79 Å². The molecule has 1 aromatic heterocycles. The number of fused-ring (bicyclic) bond motifs is 1. The summed E-state index contributed by atoms with van der Waals surface area (Å²) in [7, 11) is 0. The van der Waals surface area contributed by atoms with Crippen molar-refractivity contribution in [1.82, 2.24) is 4.98 Å². The molecular weight excluding hydrogens is 421 g/mol. The summed E-state index contributed by atoms with van der Waals surface area (Å²) < 4.78 is 5.55. The fourth-order valence-corrected chi connectivity index (χ4v) is 3.65. The van der Waals surface area contributed by atoms with Crippen LogP contribution in [0.3, 0.4) is 0 Å². The van der Waals surface area contributed by atoms with Crippen molar-refractivity contribution in [2.75, 3.05) is 10.6 Å². The van der Waals surface area contributed by atoms with Crippen molar-refractivity contribution in [2.24, 2.45) is 0 Å². The van der Waals surface area contributed by atoms with Crippen molar-refractivity contribution in [3.63, 3.8) is 0 Å². The van der Waals surface area contributed by atoms with E-state index < -0.39 is 6.10 Å². The summed E-state index contributed by atoms with van der Waals surface area (Å²) in [6.45, 7) is 1.69. The molecule has 0 aliphatic carbocycles. The molecule has 6 nitrogen and oxygen atoms in total. The van der Waals surface area contributed by atoms with Crippen LogP contribution in [0.5, 0.6) is 5.75 Å². The van der Waals surface area contributed by atoms with Gasteiger partial charge in [-0.05, 0) is 43.3 Å². The molecule has 2 heterocycles. The molecule has 4 rings (SSSR count). The van der Waals surface area contributed by atoms with Gasteiger partial charge in [0.2, 0.25) is 0 Å². The van der Waals surface area contributed by atoms with Crippen molar-refractivity contribution in [2.45, 2.75) is 13.0 Å². The average molecular weight is 434 g/mol. The molecule has 142 valence electrons. The van der Waals surface area contributed by atoms with E-state index in [9.17, 15) is 9.59 Å². The zero-order valence-electron chi connectivity index (χ0n) is 14.5. The van der Waals surface area contributed by atoms with E-state index >= 15 is 0 Å². The van der Waals surface area contributed by atoms with E-state index in [4.69, 9.17) is 27.9 Å². The predicted molar refractivity (Wildman–Crippen MR) is 111 cm³/mol. The standard InChI is InChI=1S/C19H13Cl2N3O3S/c1-9-17(25)22-14-7-10(3-5-16(14)27-9)15-8-28-19(23-15)24-18(26)11-2-4-12(20)13(21)6-11/h2-9H,1H3,(H,22,25)(H,23,24,26). The van der Waals surface area contributed by atoms with Gasteiger partial charge in [0, 0.05) is 16.5 Å². The Morgan fingerprint density at radius 1 is 1.21 bits per heavy atom. The van der Waals surface area contributed by atoms with E-state index in [-0.39, 0.29) is 11.8 Å². The number of hydrogen-bond donors (Lipinski definition) is 2. The number of nitrogens with zero attached hydrogens (tertiary/aromatic N) is 1. The minimum absolute atomic E-state index is 0.197. The van der Waals surface area contributed by atoms with Crippen molar-refractivity contribution >= 4 is 57.2 Å². The second-order valence-corrected chi connectivity index (χ2v) is 7.75. The molecule has 2 aromatic carbocycles. The first-order chi connectivity index (χ1) is 13.4. The number of rotatable bonds is 3. The monoisotopic (exact) mass is 433 g/mol. The molecule has 0 saturated heterocycles. The predicted octanol–water partition coefficient (Wildman–Crippen LogP) is 5.09. The number of thiazole rings is 1. The van der Waals surface area contributed by atoms with E-state index in [0.29, 0.717) is 37.9 Å². The molecule has 3 aromatic rings. The van der Waals surface area contributed by atoms with Gasteiger partial charge in [-0.15, -0.1) is 11.3 Å². The maximum absolute atomic E-state index is 12.4. The molecule has 0 radical (unpaired) electrons. The van der Waals surface area contributed by atoms with Gasteiger partial charge in [0.25, 0.3) is 11.8 Å². The molecule has 0 spiro atoms. The molecule has 2 amide bonds. The third-order valence-corrected chi connectivity index (χ3v) is 5.61. The molecule has 0 bridgehead atoms. The highest BCUT2D eigenvalue weighted by Crippen LogP contribution is 2.35. The number of hydrogen-bond acceptors (Lipinski definition) is 5. The fraction of sp³-hybridized carbons (Fsp3) is 0.105. The number of amides is 2. The van der Waals surface area contributed by atoms with Crippen LogP contribution in [0.25, 0.3) is 11.3 Å². The lowest BCUT2D eigenvalue weighted by Crippen LogP contribution is -2.34. The van der Waals surface area contributed by atoms with Crippen LogP contribution < -0.4 is 15.4 Å². The largest absolute Gasteiger partial charge is 0.479 e. The second-order valence-electron chi connectivity index (χ2n) is 6.08. The summed E-state index contributed by atoms with van der Waals surface area (Å²) in [5.41, 5.74) is 2.44. The molecule has 9 heteroatoms. The molecule has 1 aliphatic rings. The minimum Gasteiger partial charge on any atom is -0.479 e.